The molecule has 0 radical (unpaired) electrons. The molecule has 0 atom stereocenters. The number of methoxy groups -OCH3 is 1. The number of halogens is 2. The standard InChI is InChI=1S/C16H17BrFNO2/c1-19-9-12-13(17)7-8-15(20-2)16(12)21-10-11-5-3-4-6-14(11)18/h3-8,19H,9-10H2,1-2H3. The van der Waals surface area contributed by atoms with Crippen LogP contribution >= 0.6 is 15.9 Å². The molecule has 2 aromatic carbocycles. The van der Waals surface area contributed by atoms with Gasteiger partial charge in [0.2, 0.25) is 0 Å². The molecule has 2 rings (SSSR count). The molecule has 0 aromatic heterocycles. The molecule has 0 heterocycles. The van der Waals surface area contributed by atoms with Crippen LogP contribution in [0.25, 0.3) is 0 Å². The Labute approximate surface area is 132 Å². The summed E-state index contributed by atoms with van der Waals surface area (Å²) in [6.45, 7) is 0.764. The van der Waals surface area contributed by atoms with Crippen molar-refractivity contribution < 1.29 is 13.9 Å². The fourth-order valence-electron chi connectivity index (χ4n) is 2.01. The Morgan fingerprint density at radius 1 is 1.19 bits per heavy atom. The second kappa shape index (κ2) is 7.43. The minimum absolute atomic E-state index is 0.149. The van der Waals surface area contributed by atoms with Gasteiger partial charge in [-0.05, 0) is 25.2 Å². The van der Waals surface area contributed by atoms with Crippen LogP contribution in [0.4, 0.5) is 4.39 Å². The Kier molecular flexibility index (Phi) is 5.59. The Hall–Kier alpha value is -1.59. The molecular weight excluding hydrogens is 337 g/mol. The molecule has 0 saturated heterocycles. The van der Waals surface area contributed by atoms with Crippen molar-refractivity contribution >= 4 is 15.9 Å². The van der Waals surface area contributed by atoms with Crippen molar-refractivity contribution in [3.05, 3.63) is 57.8 Å². The third-order valence-corrected chi connectivity index (χ3v) is 3.81. The van der Waals surface area contributed by atoms with Crippen molar-refractivity contribution in [1.82, 2.24) is 5.32 Å². The fraction of sp³-hybridized carbons (Fsp3) is 0.250. The molecular formula is C16H17BrFNO2. The summed E-state index contributed by atoms with van der Waals surface area (Å²) in [4.78, 5) is 0. The zero-order valence-corrected chi connectivity index (χ0v) is 13.5. The van der Waals surface area contributed by atoms with Crippen LogP contribution in [0, 0.1) is 5.82 Å². The predicted octanol–water partition coefficient (Wildman–Crippen LogP) is 3.90. The van der Waals surface area contributed by atoms with Crippen molar-refractivity contribution in [1.29, 1.82) is 0 Å². The van der Waals surface area contributed by atoms with E-state index in [0.29, 0.717) is 23.6 Å². The predicted molar refractivity (Wildman–Crippen MR) is 84.2 cm³/mol. The Bertz CT molecular complexity index is 619. The molecule has 112 valence electrons. The summed E-state index contributed by atoms with van der Waals surface area (Å²) in [5.74, 6) is 0.964. The average Bonchev–Trinajstić information content (AvgIpc) is 2.49. The quantitative estimate of drug-likeness (QED) is 0.854. The van der Waals surface area contributed by atoms with E-state index in [2.05, 4.69) is 21.2 Å². The maximum Gasteiger partial charge on any atom is 0.167 e. The first-order chi connectivity index (χ1) is 10.2. The molecule has 0 unspecified atom stereocenters. The molecule has 3 nitrogen and oxygen atoms in total. The normalized spacial score (nSPS) is 10.5. The van der Waals surface area contributed by atoms with Gasteiger partial charge < -0.3 is 14.8 Å². The first kappa shape index (κ1) is 15.8. The smallest absolute Gasteiger partial charge is 0.167 e. The molecule has 0 aliphatic rings. The molecule has 0 amide bonds. The van der Waals surface area contributed by atoms with Crippen molar-refractivity contribution in [2.45, 2.75) is 13.2 Å². The highest BCUT2D eigenvalue weighted by Crippen LogP contribution is 2.36. The number of ether oxygens (including phenoxy) is 2. The van der Waals surface area contributed by atoms with E-state index in [0.717, 1.165) is 10.0 Å². The molecule has 2 aromatic rings. The van der Waals surface area contributed by atoms with E-state index < -0.39 is 0 Å². The summed E-state index contributed by atoms with van der Waals surface area (Å²) in [6, 6.07) is 10.3. The maximum absolute atomic E-state index is 13.7. The summed E-state index contributed by atoms with van der Waals surface area (Å²) in [5, 5.41) is 3.09. The highest BCUT2D eigenvalue weighted by molar-refractivity contribution is 9.10. The highest BCUT2D eigenvalue weighted by Gasteiger charge is 2.14. The molecule has 0 bridgehead atoms. The summed E-state index contributed by atoms with van der Waals surface area (Å²) in [6.07, 6.45) is 0. The Balaban J connectivity index is 2.29. The zero-order chi connectivity index (χ0) is 15.2. The van der Waals surface area contributed by atoms with Crippen LogP contribution in [0.1, 0.15) is 11.1 Å². The van der Waals surface area contributed by atoms with Gasteiger partial charge in [-0.3, -0.25) is 0 Å². The lowest BCUT2D eigenvalue weighted by Gasteiger charge is -2.16. The number of hydrogen-bond acceptors (Lipinski definition) is 3. The maximum atomic E-state index is 13.7. The Morgan fingerprint density at radius 3 is 2.62 bits per heavy atom. The topological polar surface area (TPSA) is 30.5 Å². The van der Waals surface area contributed by atoms with Crippen molar-refractivity contribution in [3.8, 4) is 11.5 Å². The molecule has 5 heteroatoms. The van der Waals surface area contributed by atoms with Gasteiger partial charge in [-0.2, -0.15) is 0 Å². The second-order valence-corrected chi connectivity index (χ2v) is 5.32. The van der Waals surface area contributed by atoms with E-state index in [4.69, 9.17) is 9.47 Å². The van der Waals surface area contributed by atoms with Gasteiger partial charge in [0.05, 0.1) is 7.11 Å². The molecule has 0 aliphatic carbocycles. The van der Waals surface area contributed by atoms with Crippen LogP contribution < -0.4 is 14.8 Å². The molecule has 0 aliphatic heterocycles. The van der Waals surface area contributed by atoms with Crippen molar-refractivity contribution in [2.75, 3.05) is 14.2 Å². The number of nitrogens with one attached hydrogen (secondary N) is 1. The van der Waals surface area contributed by atoms with Gasteiger partial charge >= 0.3 is 0 Å². The van der Waals surface area contributed by atoms with Crippen LogP contribution in [0.3, 0.4) is 0 Å². The van der Waals surface area contributed by atoms with Crippen LogP contribution in [0.5, 0.6) is 11.5 Å². The molecule has 0 saturated carbocycles. The van der Waals surface area contributed by atoms with Gasteiger partial charge in [-0.1, -0.05) is 34.1 Å². The van der Waals surface area contributed by atoms with Gasteiger partial charge in [0.1, 0.15) is 12.4 Å². The second-order valence-electron chi connectivity index (χ2n) is 4.47. The number of rotatable bonds is 6. The lowest BCUT2D eigenvalue weighted by atomic mass is 10.1. The van der Waals surface area contributed by atoms with Crippen LogP contribution in [-0.2, 0) is 13.2 Å². The third-order valence-electron chi connectivity index (χ3n) is 3.07. The van der Waals surface area contributed by atoms with E-state index >= 15 is 0 Å². The van der Waals surface area contributed by atoms with Gasteiger partial charge in [0, 0.05) is 22.1 Å². The van der Waals surface area contributed by atoms with E-state index in [1.54, 1.807) is 25.3 Å². The van der Waals surface area contributed by atoms with E-state index in [9.17, 15) is 4.39 Å². The highest BCUT2D eigenvalue weighted by atomic mass is 79.9. The molecule has 21 heavy (non-hydrogen) atoms. The summed E-state index contributed by atoms with van der Waals surface area (Å²) < 4.78 is 25.8. The first-order valence-corrected chi connectivity index (χ1v) is 7.32. The molecule has 1 N–H and O–H groups in total. The first-order valence-electron chi connectivity index (χ1n) is 6.53. The van der Waals surface area contributed by atoms with Gasteiger partial charge in [-0.25, -0.2) is 4.39 Å². The van der Waals surface area contributed by atoms with Crippen LogP contribution in [0.15, 0.2) is 40.9 Å². The fourth-order valence-corrected chi connectivity index (χ4v) is 2.46. The summed E-state index contributed by atoms with van der Waals surface area (Å²) >= 11 is 3.50. The number of benzene rings is 2. The summed E-state index contributed by atoms with van der Waals surface area (Å²) in [7, 11) is 3.44. The average molecular weight is 354 g/mol. The third kappa shape index (κ3) is 3.74. The lowest BCUT2D eigenvalue weighted by molar-refractivity contribution is 0.276. The number of hydrogen-bond donors (Lipinski definition) is 1. The van der Waals surface area contributed by atoms with E-state index in [1.165, 1.54) is 6.07 Å². The van der Waals surface area contributed by atoms with Crippen LogP contribution in [-0.4, -0.2) is 14.2 Å². The van der Waals surface area contributed by atoms with Gasteiger partial charge in [0.15, 0.2) is 11.5 Å². The van der Waals surface area contributed by atoms with Gasteiger partial charge in [-0.15, -0.1) is 0 Å². The summed E-state index contributed by atoms with van der Waals surface area (Å²) in [5.41, 5.74) is 1.45. The molecule has 0 fully saturated rings. The lowest BCUT2D eigenvalue weighted by Crippen LogP contribution is -2.09. The molecule has 0 spiro atoms. The minimum atomic E-state index is -0.276. The van der Waals surface area contributed by atoms with E-state index in [1.807, 2.05) is 19.2 Å². The minimum Gasteiger partial charge on any atom is -0.493 e. The van der Waals surface area contributed by atoms with E-state index in [-0.39, 0.29) is 12.4 Å². The van der Waals surface area contributed by atoms with Crippen molar-refractivity contribution in [2.24, 2.45) is 0 Å². The zero-order valence-electron chi connectivity index (χ0n) is 12.0. The van der Waals surface area contributed by atoms with Gasteiger partial charge in [0.25, 0.3) is 0 Å². The van der Waals surface area contributed by atoms with Crippen molar-refractivity contribution in [3.63, 3.8) is 0 Å². The SMILES string of the molecule is CNCc1c(Br)ccc(OC)c1OCc1ccccc1F. The van der Waals surface area contributed by atoms with Crippen LogP contribution in [0.2, 0.25) is 0 Å². The Morgan fingerprint density at radius 2 is 1.95 bits per heavy atom. The largest absolute Gasteiger partial charge is 0.493 e. The monoisotopic (exact) mass is 353 g/mol.